The monoisotopic (exact) mass is 303 g/mol. The molecule has 4 nitrogen and oxygen atoms in total. The van der Waals surface area contributed by atoms with Crippen LogP contribution in [0.2, 0.25) is 0 Å². The number of hydrazine groups is 1. The maximum atomic E-state index is 13.5. The van der Waals surface area contributed by atoms with Crippen LogP contribution < -0.4 is 16.6 Å². The van der Waals surface area contributed by atoms with Gasteiger partial charge in [0, 0.05) is 23.7 Å². The summed E-state index contributed by atoms with van der Waals surface area (Å²) in [7, 11) is 0. The van der Waals surface area contributed by atoms with Gasteiger partial charge >= 0.3 is 0 Å². The van der Waals surface area contributed by atoms with E-state index >= 15 is 0 Å². The van der Waals surface area contributed by atoms with Gasteiger partial charge in [-0.1, -0.05) is 15.9 Å². The van der Waals surface area contributed by atoms with Gasteiger partial charge in [-0.05, 0) is 25.0 Å². The normalized spacial score (nSPS) is 17.1. The Kier molecular flexibility index (Phi) is 3.86. The molecule has 2 rings (SSSR count). The minimum absolute atomic E-state index is 0.0854. The quantitative estimate of drug-likeness (QED) is 0.498. The number of nitrogens with zero attached hydrogens (tertiary/aromatic N) is 1. The van der Waals surface area contributed by atoms with Crippen molar-refractivity contribution in [3.8, 4) is 0 Å². The van der Waals surface area contributed by atoms with Crippen LogP contribution in [0.5, 0.6) is 0 Å². The van der Waals surface area contributed by atoms with Gasteiger partial charge in [-0.15, -0.1) is 0 Å². The number of nitrogens with two attached hydrogens (primary N) is 2. The predicted octanol–water partition coefficient (Wildman–Crippen LogP) is 2.03. The number of anilines is 2. The van der Waals surface area contributed by atoms with Crippen molar-refractivity contribution in [2.45, 2.75) is 18.9 Å². The number of halogens is 2. The van der Waals surface area contributed by atoms with Gasteiger partial charge in [0.2, 0.25) is 0 Å². The molecule has 0 aromatic heterocycles. The first-order valence-electron chi connectivity index (χ1n) is 5.46. The van der Waals surface area contributed by atoms with Gasteiger partial charge in [-0.3, -0.25) is 0 Å². The summed E-state index contributed by atoms with van der Waals surface area (Å²) in [5, 5.41) is 1.55. The number of hydrogen-bond donors (Lipinski definition) is 2. The molecule has 1 aromatic rings. The summed E-state index contributed by atoms with van der Waals surface area (Å²) in [4.78, 5) is 0. The standard InChI is InChI=1S/C11H15BrFN3O/c12-7-5-9(13)11(14)10(6-7)16(15)8-1-3-17-4-2-8/h5-6,8H,1-4,14-15H2. The Morgan fingerprint density at radius 1 is 1.35 bits per heavy atom. The molecule has 0 bridgehead atoms. The summed E-state index contributed by atoms with van der Waals surface area (Å²) in [6.45, 7) is 1.35. The number of benzene rings is 1. The molecule has 1 aliphatic heterocycles. The smallest absolute Gasteiger partial charge is 0.149 e. The van der Waals surface area contributed by atoms with E-state index in [4.69, 9.17) is 16.3 Å². The van der Waals surface area contributed by atoms with Crippen molar-refractivity contribution in [2.24, 2.45) is 5.84 Å². The average Bonchev–Trinajstić information content (AvgIpc) is 2.34. The third-order valence-corrected chi connectivity index (χ3v) is 3.39. The lowest BCUT2D eigenvalue weighted by molar-refractivity contribution is 0.0844. The molecule has 0 atom stereocenters. The zero-order chi connectivity index (χ0) is 12.4. The third kappa shape index (κ3) is 2.70. The minimum atomic E-state index is -0.461. The van der Waals surface area contributed by atoms with E-state index in [0.29, 0.717) is 23.4 Å². The van der Waals surface area contributed by atoms with Crippen LogP contribution in [-0.2, 0) is 4.74 Å². The van der Waals surface area contributed by atoms with Crippen LogP contribution in [0, 0.1) is 5.82 Å². The first-order valence-corrected chi connectivity index (χ1v) is 6.25. The second-order valence-corrected chi connectivity index (χ2v) is 4.99. The van der Waals surface area contributed by atoms with Crippen molar-refractivity contribution in [1.29, 1.82) is 0 Å². The maximum absolute atomic E-state index is 13.5. The summed E-state index contributed by atoms with van der Waals surface area (Å²) >= 11 is 3.24. The van der Waals surface area contributed by atoms with Crippen LogP contribution >= 0.6 is 15.9 Å². The lowest BCUT2D eigenvalue weighted by Gasteiger charge is -2.32. The first-order chi connectivity index (χ1) is 8.09. The fourth-order valence-corrected chi connectivity index (χ4v) is 2.36. The summed E-state index contributed by atoms with van der Waals surface area (Å²) < 4.78 is 19.4. The second-order valence-electron chi connectivity index (χ2n) is 4.07. The molecular formula is C11H15BrFN3O. The molecule has 1 saturated heterocycles. The summed E-state index contributed by atoms with van der Waals surface area (Å²) in [5.74, 6) is 5.56. The molecule has 0 saturated carbocycles. The molecule has 94 valence electrons. The lowest BCUT2D eigenvalue weighted by Crippen LogP contribution is -2.44. The number of nitrogen functional groups attached to an aromatic ring is 1. The molecule has 1 aromatic carbocycles. The van der Waals surface area contributed by atoms with E-state index in [9.17, 15) is 4.39 Å². The molecule has 0 amide bonds. The summed E-state index contributed by atoms with van der Waals surface area (Å²) in [6, 6.07) is 3.20. The van der Waals surface area contributed by atoms with Crippen LogP contribution in [0.25, 0.3) is 0 Å². The Morgan fingerprint density at radius 3 is 2.65 bits per heavy atom. The molecule has 1 fully saturated rings. The first kappa shape index (κ1) is 12.6. The highest BCUT2D eigenvalue weighted by Crippen LogP contribution is 2.31. The van der Waals surface area contributed by atoms with E-state index in [1.54, 1.807) is 11.1 Å². The Labute approximate surface area is 108 Å². The molecule has 0 radical (unpaired) electrons. The van der Waals surface area contributed by atoms with Crippen molar-refractivity contribution in [2.75, 3.05) is 24.0 Å². The topological polar surface area (TPSA) is 64.5 Å². The van der Waals surface area contributed by atoms with E-state index in [2.05, 4.69) is 15.9 Å². The van der Waals surface area contributed by atoms with Gasteiger partial charge in [-0.25, -0.2) is 10.2 Å². The van der Waals surface area contributed by atoms with Gasteiger partial charge in [0.05, 0.1) is 11.4 Å². The summed E-state index contributed by atoms with van der Waals surface area (Å²) in [6.07, 6.45) is 1.65. The molecule has 1 heterocycles. The second kappa shape index (κ2) is 5.20. The van der Waals surface area contributed by atoms with Gasteiger partial charge < -0.3 is 15.5 Å². The number of rotatable bonds is 2. The molecule has 0 unspecified atom stereocenters. The van der Waals surface area contributed by atoms with Gasteiger partial charge in [0.25, 0.3) is 0 Å². The minimum Gasteiger partial charge on any atom is -0.395 e. The van der Waals surface area contributed by atoms with Gasteiger partial charge in [0.1, 0.15) is 5.82 Å². The van der Waals surface area contributed by atoms with E-state index in [1.165, 1.54) is 6.07 Å². The fourth-order valence-electron chi connectivity index (χ4n) is 1.94. The highest BCUT2D eigenvalue weighted by Gasteiger charge is 2.22. The number of hydrogen-bond acceptors (Lipinski definition) is 4. The SMILES string of the molecule is Nc1c(F)cc(Br)cc1N(N)C1CCOCC1. The van der Waals surface area contributed by atoms with Crippen molar-refractivity contribution in [3.63, 3.8) is 0 Å². The largest absolute Gasteiger partial charge is 0.395 e. The van der Waals surface area contributed by atoms with Crippen LogP contribution in [0.3, 0.4) is 0 Å². The Hall–Kier alpha value is -0.850. The van der Waals surface area contributed by atoms with Gasteiger partial charge in [-0.2, -0.15) is 0 Å². The van der Waals surface area contributed by atoms with E-state index < -0.39 is 5.82 Å². The van der Waals surface area contributed by atoms with Crippen LogP contribution in [0.1, 0.15) is 12.8 Å². The van der Waals surface area contributed by atoms with Gasteiger partial charge in [0.15, 0.2) is 0 Å². The Bertz CT molecular complexity index is 410. The average molecular weight is 304 g/mol. The van der Waals surface area contributed by atoms with E-state index in [-0.39, 0.29) is 11.7 Å². The molecule has 0 aliphatic carbocycles. The van der Waals surface area contributed by atoms with Crippen LogP contribution in [0.4, 0.5) is 15.8 Å². The zero-order valence-electron chi connectivity index (χ0n) is 9.33. The maximum Gasteiger partial charge on any atom is 0.149 e. The number of ether oxygens (including phenoxy) is 1. The highest BCUT2D eigenvalue weighted by atomic mass is 79.9. The molecule has 6 heteroatoms. The predicted molar refractivity (Wildman–Crippen MR) is 69.0 cm³/mol. The summed E-state index contributed by atoms with van der Waals surface area (Å²) in [5.41, 5.74) is 6.31. The van der Waals surface area contributed by atoms with Crippen molar-refractivity contribution in [3.05, 3.63) is 22.4 Å². The highest BCUT2D eigenvalue weighted by molar-refractivity contribution is 9.10. The van der Waals surface area contributed by atoms with Crippen molar-refractivity contribution < 1.29 is 9.13 Å². The van der Waals surface area contributed by atoms with Crippen LogP contribution in [-0.4, -0.2) is 19.3 Å². The molecule has 4 N–H and O–H groups in total. The molecule has 1 aliphatic rings. The Morgan fingerprint density at radius 2 is 2.00 bits per heavy atom. The van der Waals surface area contributed by atoms with Crippen LogP contribution in [0.15, 0.2) is 16.6 Å². The third-order valence-electron chi connectivity index (χ3n) is 2.93. The lowest BCUT2D eigenvalue weighted by atomic mass is 10.1. The molecular weight excluding hydrogens is 289 g/mol. The fraction of sp³-hybridized carbons (Fsp3) is 0.455. The zero-order valence-corrected chi connectivity index (χ0v) is 10.9. The van der Waals surface area contributed by atoms with E-state index in [0.717, 1.165) is 12.8 Å². The molecule has 17 heavy (non-hydrogen) atoms. The van der Waals surface area contributed by atoms with Crippen molar-refractivity contribution >= 4 is 27.3 Å². The Balaban J connectivity index is 2.26. The van der Waals surface area contributed by atoms with E-state index in [1.807, 2.05) is 0 Å². The van der Waals surface area contributed by atoms with Crippen molar-refractivity contribution in [1.82, 2.24) is 0 Å². The molecule has 0 spiro atoms.